The fourth-order valence-electron chi connectivity index (χ4n) is 19.0. The molecule has 4 aliphatic heterocycles. The van der Waals surface area contributed by atoms with Crippen molar-refractivity contribution in [1.82, 2.24) is 64.9 Å². The van der Waals surface area contributed by atoms with Gasteiger partial charge in [0.25, 0.3) is 0 Å². The lowest BCUT2D eigenvalue weighted by molar-refractivity contribution is -0.184. The number of hydrogen-bond donors (Lipinski definition) is 3. The zero-order chi connectivity index (χ0) is 81.2. The van der Waals surface area contributed by atoms with Crippen LogP contribution in [0.5, 0.6) is 0 Å². The molecule has 4 heterocycles. The number of alkyl halides is 3. The van der Waals surface area contributed by atoms with Crippen LogP contribution in [-0.2, 0) is 62.3 Å². The normalized spacial score (nSPS) is 32.6. The molecule has 3 N–H and O–H groups in total. The molecule has 6 fully saturated rings. The topological polar surface area (TPSA) is 283 Å². The van der Waals surface area contributed by atoms with Crippen LogP contribution in [0.3, 0.4) is 0 Å². The predicted octanol–water partition coefficient (Wildman–Crippen LogP) is 6.48. The molecule has 15 atom stereocenters. The summed E-state index contributed by atoms with van der Waals surface area (Å²) in [5.41, 5.74) is -2.13. The van der Waals surface area contributed by atoms with Gasteiger partial charge < -0.3 is 69.7 Å². The first-order valence-corrected chi connectivity index (χ1v) is 40.5. The molecule has 0 aromatic heterocycles. The van der Waals surface area contributed by atoms with Crippen molar-refractivity contribution in [3.63, 3.8) is 0 Å². The number of carbonyl (C=O) groups excluding carboxylic acids is 12. The Bertz CT molecular complexity index is 3260. The van der Waals surface area contributed by atoms with Gasteiger partial charge in [0.2, 0.25) is 70.9 Å². The van der Waals surface area contributed by atoms with E-state index >= 15 is 33.6 Å². The molecule has 29 heteroatoms. The largest absolute Gasteiger partial charge is 0.391 e. The minimum atomic E-state index is -4.44. The first-order chi connectivity index (χ1) is 51.1. The number of ether oxygens (including phenoxy) is 1. The number of likely N-dealkylation sites (N-methyl/N-ethyl adjacent to an activating group) is 7. The van der Waals surface area contributed by atoms with Crippen LogP contribution in [-0.4, -0.2) is 294 Å². The Morgan fingerprint density at radius 1 is 0.661 bits per heavy atom. The SMILES string of the molecule is CCC[C@H]1C(=O)N[C@@H]([C@@H](C)CC)C(=O)N(C)CC(=O)N(C)[C@H]2C/C=C\CCN(C2=O)[C@@H](CC2CCC(C(F)(F)F)CC2)C(=O)N(C)CC(=O)N[C@@H](CCC2CCC3C(C)C(C)N(C)C3C2)C(=O)N2C[C@H](OCC)C[C@H]2C(=O)NC2(CC(C)(C)C2)C(=O)N(C)[C@@H](C(CC)CC)C(=O)N(C)[C@H](C(=O)N(C)C)CC(=O)N1C. The van der Waals surface area contributed by atoms with Gasteiger partial charge in [-0.2, -0.15) is 13.2 Å². The van der Waals surface area contributed by atoms with E-state index < -0.39 is 186 Å². The first kappa shape index (κ1) is 89.3. The summed E-state index contributed by atoms with van der Waals surface area (Å²) in [5, 5.41) is 9.02. The molecular weight excluding hydrogens is 1410 g/mol. The lowest BCUT2D eigenvalue weighted by Gasteiger charge is -2.54. The molecule has 0 radical (unpaired) electrons. The van der Waals surface area contributed by atoms with E-state index in [9.17, 15) is 37.1 Å². The maximum Gasteiger partial charge on any atom is 0.391 e. The quantitative estimate of drug-likeness (QED) is 0.148. The lowest BCUT2D eigenvalue weighted by Crippen LogP contribution is -2.71. The van der Waals surface area contributed by atoms with Crippen LogP contribution in [0, 0.1) is 46.8 Å². The smallest absolute Gasteiger partial charge is 0.377 e. The van der Waals surface area contributed by atoms with E-state index in [0.29, 0.717) is 56.0 Å². The van der Waals surface area contributed by atoms with Crippen LogP contribution in [0.1, 0.15) is 204 Å². The summed E-state index contributed by atoms with van der Waals surface area (Å²) in [7, 11) is 13.6. The summed E-state index contributed by atoms with van der Waals surface area (Å²) < 4.78 is 48.8. The van der Waals surface area contributed by atoms with Crippen LogP contribution in [0.4, 0.5) is 13.2 Å². The number of amides is 12. The van der Waals surface area contributed by atoms with Crippen molar-refractivity contribution in [3.8, 4) is 0 Å². The van der Waals surface area contributed by atoms with E-state index in [1.807, 2.05) is 41.5 Å². The number of nitrogens with zero attached hydrogens (tertiary/aromatic N) is 10. The average molecular weight is 1540 g/mol. The van der Waals surface area contributed by atoms with Crippen molar-refractivity contribution >= 4 is 70.9 Å². The molecule has 2 bridgehead atoms. The van der Waals surface area contributed by atoms with Crippen LogP contribution in [0.15, 0.2) is 12.2 Å². The molecule has 616 valence electrons. The number of likely N-dealkylation sites (tertiary alicyclic amines) is 1. The number of fused-ring (bicyclic) bond motifs is 4. The van der Waals surface area contributed by atoms with Gasteiger partial charge in [-0.25, -0.2) is 0 Å². The van der Waals surface area contributed by atoms with Crippen molar-refractivity contribution < 1.29 is 75.4 Å². The highest BCUT2D eigenvalue weighted by Crippen LogP contribution is 2.50. The summed E-state index contributed by atoms with van der Waals surface area (Å²) in [6.45, 7) is 18.3. The summed E-state index contributed by atoms with van der Waals surface area (Å²) in [4.78, 5) is 197. The van der Waals surface area contributed by atoms with E-state index in [1.54, 1.807) is 26.0 Å². The molecule has 3 aliphatic carbocycles. The van der Waals surface area contributed by atoms with E-state index in [2.05, 4.69) is 41.7 Å². The lowest BCUT2D eigenvalue weighted by atomic mass is 9.58. The number of hydrogen-bond acceptors (Lipinski definition) is 14. The van der Waals surface area contributed by atoms with Crippen LogP contribution < -0.4 is 16.0 Å². The second-order valence-electron chi connectivity index (χ2n) is 34.2. The zero-order valence-electron chi connectivity index (χ0n) is 68.8. The highest BCUT2D eigenvalue weighted by molar-refractivity contribution is 6.01. The van der Waals surface area contributed by atoms with Gasteiger partial charge in [0.1, 0.15) is 53.9 Å². The van der Waals surface area contributed by atoms with Crippen LogP contribution in [0.2, 0.25) is 0 Å². The summed E-state index contributed by atoms with van der Waals surface area (Å²) >= 11 is 0. The molecule has 3 saturated carbocycles. The minimum absolute atomic E-state index is 0.0182. The fourth-order valence-corrected chi connectivity index (χ4v) is 19.0. The zero-order valence-corrected chi connectivity index (χ0v) is 68.8. The Labute approximate surface area is 646 Å². The Balaban J connectivity index is 1.34. The predicted molar refractivity (Wildman–Crippen MR) is 407 cm³/mol. The van der Waals surface area contributed by atoms with Gasteiger partial charge in [0.05, 0.1) is 31.5 Å². The van der Waals surface area contributed by atoms with Gasteiger partial charge in [-0.3, -0.25) is 57.5 Å². The highest BCUT2D eigenvalue weighted by Gasteiger charge is 2.59. The van der Waals surface area contributed by atoms with Gasteiger partial charge in [0.15, 0.2) is 0 Å². The third kappa shape index (κ3) is 20.9. The maximum atomic E-state index is 15.9. The monoisotopic (exact) mass is 1540 g/mol. The van der Waals surface area contributed by atoms with Gasteiger partial charge in [0, 0.05) is 94.6 Å². The highest BCUT2D eigenvalue weighted by atomic mass is 19.4. The van der Waals surface area contributed by atoms with E-state index in [4.69, 9.17) is 4.74 Å². The van der Waals surface area contributed by atoms with Gasteiger partial charge >= 0.3 is 6.18 Å². The summed E-state index contributed by atoms with van der Waals surface area (Å²) in [6.07, 6.45) is 3.12. The first-order valence-electron chi connectivity index (χ1n) is 40.5. The maximum absolute atomic E-state index is 15.9. The minimum Gasteiger partial charge on any atom is -0.377 e. The number of halogens is 3. The van der Waals surface area contributed by atoms with Crippen molar-refractivity contribution in [2.75, 3.05) is 96.2 Å². The van der Waals surface area contributed by atoms with Crippen molar-refractivity contribution in [1.29, 1.82) is 0 Å². The van der Waals surface area contributed by atoms with E-state index in [1.165, 1.54) is 90.7 Å². The fraction of sp³-hybridized carbons (Fsp3) is 0.825. The molecule has 0 aromatic carbocycles. The Morgan fingerprint density at radius 3 is 1.88 bits per heavy atom. The second kappa shape index (κ2) is 38.1. The van der Waals surface area contributed by atoms with E-state index in [0.717, 1.165) is 29.1 Å². The molecule has 7 rings (SSSR count). The molecule has 12 amide bonds. The Kier molecular flexibility index (Phi) is 31.2. The average Bonchev–Trinajstić information content (AvgIpc) is 0.759. The van der Waals surface area contributed by atoms with Crippen molar-refractivity contribution in [2.24, 2.45) is 46.8 Å². The molecule has 1 spiro atoms. The second-order valence-corrected chi connectivity index (χ2v) is 34.2. The van der Waals surface area contributed by atoms with Crippen LogP contribution in [0.25, 0.3) is 0 Å². The number of carbonyl (C=O) groups is 12. The Hall–Kier alpha value is -6.91. The molecule has 7 aliphatic rings. The Morgan fingerprint density at radius 2 is 1.29 bits per heavy atom. The summed E-state index contributed by atoms with van der Waals surface area (Å²) in [5.74, 6) is -9.91. The number of rotatable bonds is 15. The number of nitrogens with one attached hydrogen (secondary N) is 3. The van der Waals surface area contributed by atoms with Gasteiger partial charge in [-0.05, 0) is 152 Å². The molecule has 109 heavy (non-hydrogen) atoms. The molecule has 0 aromatic rings. The van der Waals surface area contributed by atoms with E-state index in [-0.39, 0.29) is 103 Å². The van der Waals surface area contributed by atoms with Crippen molar-refractivity contribution in [2.45, 2.75) is 282 Å². The van der Waals surface area contributed by atoms with Gasteiger partial charge in [-0.15, -0.1) is 0 Å². The summed E-state index contributed by atoms with van der Waals surface area (Å²) in [6, 6.07) is -9.59. The van der Waals surface area contributed by atoms with Crippen LogP contribution >= 0.6 is 0 Å². The standard InChI is InChI=1S/C80H132F3N13O13/c1-20-28-58-69(100)85-67(48(6)21-2)75(106)89(14)45-66(99)92(17)59-29-26-25-27-38-95(74(59)105)63(40-51-30-34-54(35-31-51)80(81,82)83)73(104)88(13)44-64(97)84-57(37-33-52-32-36-56-49(7)50(8)90(15)60(56)39-52)71(102)96-43-55(109-24-5)41-61(96)70(101)86-79(46-78(9,10)47-79)77(108)94(19)68(53(22-3)23-4)76(107)93(18)62(72(103)87(11)12)42-65(98)91(58)16/h25-26,48-63,67-68H,20-24,27-47H2,1-19H3,(H,84,97)(H,85,100)(H,86,101)/b26-25-/t48-,49?,50?,51?,52?,54?,55+,56?,57-,58-,59-,60?,61-,62-,63-,67-,68-/m0/s1. The molecule has 5 unspecified atom stereocenters. The molecule has 26 nitrogen and oxygen atoms in total. The van der Waals surface area contributed by atoms with Crippen molar-refractivity contribution in [3.05, 3.63) is 12.2 Å². The molecule has 3 saturated heterocycles. The molecular formula is C80H132F3N13O13. The third-order valence-corrected chi connectivity index (χ3v) is 26.1. The van der Waals surface area contributed by atoms with Gasteiger partial charge in [-0.1, -0.05) is 99.6 Å². The third-order valence-electron chi connectivity index (χ3n) is 26.1.